The SMILES string of the molecule is CN(C)C1(c2ccccc2)CCC2(CC1)CN(c1ncc(C#N)cn1)C(=O)N2CC1CCC1.CN(C)C1(c2ccccc2)CCC2(CC1)CNC(=O)N2CC1CCC1. The number of benzene rings is 2. The van der Waals surface area contributed by atoms with Crippen molar-refractivity contribution in [2.24, 2.45) is 11.8 Å². The molecular weight excluding hydrogens is 723 g/mol. The van der Waals surface area contributed by atoms with Crippen molar-refractivity contribution in [3.05, 3.63) is 89.7 Å². The largest absolute Gasteiger partial charge is 0.336 e. The Morgan fingerprint density at radius 2 is 1.16 bits per heavy atom. The minimum Gasteiger partial charge on any atom is -0.336 e. The van der Waals surface area contributed by atoms with E-state index in [9.17, 15) is 9.59 Å². The van der Waals surface area contributed by atoms with Gasteiger partial charge in [0, 0.05) is 30.7 Å². The van der Waals surface area contributed by atoms with Gasteiger partial charge in [-0.1, -0.05) is 73.5 Å². The Morgan fingerprint density at radius 3 is 1.59 bits per heavy atom. The maximum absolute atomic E-state index is 13.7. The van der Waals surface area contributed by atoms with Crippen LogP contribution in [-0.2, 0) is 11.1 Å². The van der Waals surface area contributed by atoms with Crippen molar-refractivity contribution in [1.82, 2.24) is 34.9 Å². The number of urea groups is 2. The number of nitrogens with zero attached hydrogens (tertiary/aromatic N) is 8. The van der Waals surface area contributed by atoms with Gasteiger partial charge in [0.05, 0.1) is 35.6 Å². The summed E-state index contributed by atoms with van der Waals surface area (Å²) in [5.41, 5.74) is 3.10. The molecule has 0 radical (unpaired) electrons. The van der Waals surface area contributed by atoms with Crippen LogP contribution in [0.2, 0.25) is 0 Å². The molecule has 308 valence electrons. The Balaban J connectivity index is 0.000000168. The second kappa shape index (κ2) is 16.3. The molecular formula is C47H63N9O2. The Kier molecular flexibility index (Phi) is 11.3. The smallest absolute Gasteiger partial charge is 0.327 e. The first-order valence-corrected chi connectivity index (χ1v) is 21.9. The summed E-state index contributed by atoms with van der Waals surface area (Å²) >= 11 is 0. The van der Waals surface area contributed by atoms with E-state index in [2.05, 4.69) is 130 Å². The van der Waals surface area contributed by atoms with Crippen LogP contribution in [0, 0.1) is 23.2 Å². The quantitative estimate of drug-likeness (QED) is 0.236. The molecule has 4 amide bonds. The van der Waals surface area contributed by atoms with Gasteiger partial charge in [0.15, 0.2) is 0 Å². The van der Waals surface area contributed by atoms with Crippen LogP contribution in [-0.4, -0.2) is 107 Å². The maximum atomic E-state index is 13.7. The molecule has 6 aliphatic rings. The van der Waals surface area contributed by atoms with Gasteiger partial charge in [0.25, 0.3) is 0 Å². The molecule has 0 atom stereocenters. The van der Waals surface area contributed by atoms with Gasteiger partial charge in [-0.25, -0.2) is 19.6 Å². The molecule has 4 saturated carbocycles. The molecule has 2 saturated heterocycles. The molecule has 3 aromatic rings. The van der Waals surface area contributed by atoms with Crippen molar-refractivity contribution in [2.75, 3.05) is 59.3 Å². The predicted molar refractivity (Wildman–Crippen MR) is 227 cm³/mol. The van der Waals surface area contributed by atoms with Gasteiger partial charge in [0.2, 0.25) is 5.95 Å². The van der Waals surface area contributed by atoms with Gasteiger partial charge in [0.1, 0.15) is 6.07 Å². The van der Waals surface area contributed by atoms with E-state index in [0.29, 0.717) is 24.0 Å². The molecule has 1 N–H and O–H groups in total. The van der Waals surface area contributed by atoms with Crippen molar-refractivity contribution in [1.29, 1.82) is 5.26 Å². The fourth-order valence-corrected chi connectivity index (χ4v) is 11.1. The number of aromatic nitrogens is 2. The number of amides is 4. The van der Waals surface area contributed by atoms with Crippen LogP contribution in [0.3, 0.4) is 0 Å². The number of anilines is 1. The molecule has 1 aromatic heterocycles. The lowest BCUT2D eigenvalue weighted by Gasteiger charge is -2.51. The highest BCUT2D eigenvalue weighted by Crippen LogP contribution is 2.51. The Labute approximate surface area is 345 Å². The normalized spacial score (nSPS) is 30.0. The van der Waals surface area contributed by atoms with Gasteiger partial charge < -0.3 is 15.1 Å². The summed E-state index contributed by atoms with van der Waals surface area (Å²) in [4.78, 5) is 45.7. The summed E-state index contributed by atoms with van der Waals surface area (Å²) in [7, 11) is 8.76. The first-order chi connectivity index (χ1) is 28.0. The summed E-state index contributed by atoms with van der Waals surface area (Å²) in [6.45, 7) is 3.23. The second-order valence-electron chi connectivity index (χ2n) is 18.8. The zero-order valence-electron chi connectivity index (χ0n) is 35.2. The fraction of sp³-hybridized carbons (Fsp3) is 0.596. The molecule has 2 aliphatic heterocycles. The predicted octanol–water partition coefficient (Wildman–Crippen LogP) is 7.74. The van der Waals surface area contributed by atoms with Crippen LogP contribution in [0.5, 0.6) is 0 Å². The Morgan fingerprint density at radius 1 is 0.690 bits per heavy atom. The van der Waals surface area contributed by atoms with Crippen LogP contribution in [0.1, 0.15) is 107 Å². The van der Waals surface area contributed by atoms with Gasteiger partial charge in [-0.15, -0.1) is 0 Å². The van der Waals surface area contributed by atoms with E-state index in [0.717, 1.165) is 76.9 Å². The summed E-state index contributed by atoms with van der Waals surface area (Å²) in [5, 5.41) is 12.2. The number of nitriles is 1. The van der Waals surface area contributed by atoms with Gasteiger partial charge >= 0.3 is 12.1 Å². The van der Waals surface area contributed by atoms with Gasteiger partial charge in [-0.2, -0.15) is 5.26 Å². The Bertz CT molecular complexity index is 1920. The average molecular weight is 786 g/mol. The minimum atomic E-state index is -0.196. The number of carbonyl (C=O) groups is 2. The molecule has 11 heteroatoms. The highest BCUT2D eigenvalue weighted by molar-refractivity contribution is 5.93. The van der Waals surface area contributed by atoms with E-state index < -0.39 is 0 Å². The molecule has 11 nitrogen and oxygen atoms in total. The fourth-order valence-electron chi connectivity index (χ4n) is 11.1. The second-order valence-corrected chi connectivity index (χ2v) is 18.8. The van der Waals surface area contributed by atoms with Gasteiger partial charge in [-0.05, 0) is 128 Å². The molecule has 3 heterocycles. The average Bonchev–Trinajstić information content (AvgIpc) is 3.66. The van der Waals surface area contributed by atoms with Crippen molar-refractivity contribution >= 4 is 18.0 Å². The van der Waals surface area contributed by atoms with Crippen molar-refractivity contribution < 1.29 is 9.59 Å². The van der Waals surface area contributed by atoms with E-state index in [4.69, 9.17) is 5.26 Å². The third-order valence-corrected chi connectivity index (χ3v) is 15.6. The summed E-state index contributed by atoms with van der Waals surface area (Å²) in [6.07, 6.45) is 18.9. The van der Waals surface area contributed by atoms with E-state index in [1.807, 2.05) is 0 Å². The van der Waals surface area contributed by atoms with E-state index >= 15 is 0 Å². The van der Waals surface area contributed by atoms with Crippen LogP contribution in [0.4, 0.5) is 15.5 Å². The molecule has 58 heavy (non-hydrogen) atoms. The van der Waals surface area contributed by atoms with Crippen molar-refractivity contribution in [3.63, 3.8) is 0 Å². The first-order valence-electron chi connectivity index (χ1n) is 21.9. The third-order valence-electron chi connectivity index (χ3n) is 15.6. The Hall–Kier alpha value is -4.53. The summed E-state index contributed by atoms with van der Waals surface area (Å²) in [6, 6.07) is 24.0. The van der Waals surface area contributed by atoms with E-state index in [-0.39, 0.29) is 34.2 Å². The lowest BCUT2D eigenvalue weighted by molar-refractivity contribution is 0.0170. The minimum absolute atomic E-state index is 0.0173. The van der Waals surface area contributed by atoms with E-state index in [1.54, 1.807) is 4.90 Å². The van der Waals surface area contributed by atoms with Crippen molar-refractivity contribution in [2.45, 2.75) is 112 Å². The van der Waals surface area contributed by atoms with Crippen LogP contribution in [0.15, 0.2) is 73.1 Å². The highest BCUT2D eigenvalue weighted by Gasteiger charge is 2.56. The maximum Gasteiger partial charge on any atom is 0.327 e. The standard InChI is InChI=1S/C26H32N6O.C21H31N3O/c1-30(2)26(22-9-4-3-5-10-22)13-11-25(12-14-26)19-31(23-28-16-21(15-27)17-29-23)24(33)32(25)18-20-7-6-8-20;1-23(2)21(18-9-4-3-5-10-18)13-11-20(12-14-21)16-22-19(25)24(20)15-17-7-6-8-17/h3-5,9-10,16-17,20H,6-8,11-14,18-19H2,1-2H3;3-5,9-10,17H,6-8,11-16H2,1-2H3,(H,22,25). The lowest BCUT2D eigenvalue weighted by Crippen LogP contribution is -2.56. The topological polar surface area (TPSA) is 112 Å². The van der Waals surface area contributed by atoms with Crippen LogP contribution >= 0.6 is 0 Å². The lowest BCUT2D eigenvalue weighted by atomic mass is 9.68. The third kappa shape index (κ3) is 7.25. The van der Waals surface area contributed by atoms with Gasteiger partial charge in [-0.3, -0.25) is 14.7 Å². The molecule has 2 aromatic carbocycles. The number of hydrogen-bond donors (Lipinski definition) is 1. The summed E-state index contributed by atoms with van der Waals surface area (Å²) in [5.74, 6) is 1.74. The number of rotatable bonds is 9. The molecule has 4 aliphatic carbocycles. The number of carbonyl (C=O) groups excluding carboxylic acids is 2. The zero-order chi connectivity index (χ0) is 40.5. The highest BCUT2D eigenvalue weighted by atomic mass is 16.2. The van der Waals surface area contributed by atoms with E-state index in [1.165, 1.54) is 62.0 Å². The van der Waals surface area contributed by atoms with Crippen LogP contribution in [0.25, 0.3) is 0 Å². The molecule has 0 unspecified atom stereocenters. The molecule has 2 spiro atoms. The molecule has 6 fully saturated rings. The first kappa shape index (κ1) is 40.3. The van der Waals surface area contributed by atoms with Crippen molar-refractivity contribution in [3.8, 4) is 6.07 Å². The molecule has 9 rings (SSSR count). The molecule has 0 bridgehead atoms. The summed E-state index contributed by atoms with van der Waals surface area (Å²) < 4.78 is 0. The monoisotopic (exact) mass is 786 g/mol. The number of hydrogen-bond acceptors (Lipinski definition) is 7. The zero-order valence-corrected chi connectivity index (χ0v) is 35.2. The number of nitrogens with one attached hydrogen (secondary N) is 1. The van der Waals surface area contributed by atoms with Crippen LogP contribution < -0.4 is 10.2 Å².